The molecular formula is C21H13BrN2O6. The Morgan fingerprint density at radius 1 is 1.17 bits per heavy atom. The van der Waals surface area contributed by atoms with Crippen LogP contribution in [0.5, 0.6) is 5.75 Å². The molecule has 1 aromatic heterocycles. The Bertz CT molecular complexity index is 1210. The number of halogens is 1. The molecule has 0 radical (unpaired) electrons. The van der Waals surface area contributed by atoms with Crippen LogP contribution in [0.4, 0.5) is 11.4 Å². The first-order valence-electron chi connectivity index (χ1n) is 8.74. The predicted octanol–water partition coefficient (Wildman–Crippen LogP) is 4.84. The highest BCUT2D eigenvalue weighted by molar-refractivity contribution is 9.10. The molecule has 2 aromatic carbocycles. The molecule has 0 saturated heterocycles. The lowest BCUT2D eigenvalue weighted by atomic mass is 10.1. The third-order valence-electron chi connectivity index (χ3n) is 4.35. The standard InChI is InChI=1S/C21H13BrN2O6/c22-16-10-13(24(27)28)2-5-15(16)19-8-4-14(30-19)3-6-18(25)12-1-7-20-17(9-12)23-21(26)11-29-20/h1-10H,11H2,(H,23,26)/b6-3+. The van der Waals surface area contributed by atoms with Gasteiger partial charge in [0.1, 0.15) is 17.3 Å². The minimum Gasteiger partial charge on any atom is -0.482 e. The fourth-order valence-corrected chi connectivity index (χ4v) is 3.46. The lowest BCUT2D eigenvalue weighted by Crippen LogP contribution is -2.25. The smallest absolute Gasteiger partial charge is 0.270 e. The van der Waals surface area contributed by atoms with Gasteiger partial charge in [-0.3, -0.25) is 19.7 Å². The van der Waals surface area contributed by atoms with Crippen LogP contribution in [-0.4, -0.2) is 23.2 Å². The molecular weight excluding hydrogens is 456 g/mol. The molecule has 2 heterocycles. The number of non-ortho nitro benzene ring substituents is 1. The second-order valence-electron chi connectivity index (χ2n) is 6.37. The summed E-state index contributed by atoms with van der Waals surface area (Å²) < 4.78 is 11.5. The highest BCUT2D eigenvalue weighted by Gasteiger charge is 2.17. The van der Waals surface area contributed by atoms with Crippen molar-refractivity contribution < 1.29 is 23.7 Å². The Morgan fingerprint density at radius 3 is 2.77 bits per heavy atom. The number of ether oxygens (including phenoxy) is 1. The van der Waals surface area contributed by atoms with Gasteiger partial charge in [0.2, 0.25) is 0 Å². The molecule has 0 bridgehead atoms. The molecule has 1 amide bonds. The number of carbonyl (C=O) groups is 2. The summed E-state index contributed by atoms with van der Waals surface area (Å²) in [6, 6.07) is 12.6. The first kappa shape index (κ1) is 19.6. The number of nitrogens with one attached hydrogen (secondary N) is 1. The molecule has 9 heteroatoms. The summed E-state index contributed by atoms with van der Waals surface area (Å²) >= 11 is 3.31. The van der Waals surface area contributed by atoms with E-state index in [9.17, 15) is 19.7 Å². The number of amides is 1. The maximum absolute atomic E-state index is 12.5. The number of fused-ring (bicyclic) bond motifs is 1. The zero-order valence-corrected chi connectivity index (χ0v) is 16.8. The van der Waals surface area contributed by atoms with Gasteiger partial charge in [-0.05, 0) is 64.5 Å². The van der Waals surface area contributed by atoms with Crippen LogP contribution in [0, 0.1) is 10.1 Å². The van der Waals surface area contributed by atoms with Crippen LogP contribution >= 0.6 is 15.9 Å². The van der Waals surface area contributed by atoms with Crippen LogP contribution in [-0.2, 0) is 4.79 Å². The number of hydrogen-bond donors (Lipinski definition) is 1. The van der Waals surface area contributed by atoms with Crippen LogP contribution in [0.15, 0.2) is 63.5 Å². The molecule has 0 saturated carbocycles. The summed E-state index contributed by atoms with van der Waals surface area (Å²) in [6.45, 7) is -0.0497. The van der Waals surface area contributed by atoms with Crippen molar-refractivity contribution in [1.29, 1.82) is 0 Å². The van der Waals surface area contributed by atoms with Gasteiger partial charge in [-0.15, -0.1) is 0 Å². The largest absolute Gasteiger partial charge is 0.482 e. The van der Waals surface area contributed by atoms with Gasteiger partial charge in [-0.2, -0.15) is 0 Å². The summed E-state index contributed by atoms with van der Waals surface area (Å²) in [5.41, 5.74) is 1.46. The van der Waals surface area contributed by atoms with Crippen LogP contribution in [0.25, 0.3) is 17.4 Å². The van der Waals surface area contributed by atoms with E-state index in [1.165, 1.54) is 24.3 Å². The molecule has 0 spiro atoms. The molecule has 0 atom stereocenters. The number of nitro benzene ring substituents is 1. The first-order valence-corrected chi connectivity index (χ1v) is 9.53. The van der Waals surface area contributed by atoms with E-state index in [2.05, 4.69) is 21.2 Å². The van der Waals surface area contributed by atoms with E-state index in [4.69, 9.17) is 9.15 Å². The molecule has 150 valence electrons. The molecule has 4 rings (SSSR count). The number of allylic oxidation sites excluding steroid dienone is 1. The van der Waals surface area contributed by atoms with E-state index in [0.29, 0.717) is 38.6 Å². The van der Waals surface area contributed by atoms with Gasteiger partial charge in [0.05, 0.1) is 10.6 Å². The summed E-state index contributed by atoms with van der Waals surface area (Å²) in [5, 5.41) is 13.5. The van der Waals surface area contributed by atoms with E-state index in [1.54, 1.807) is 36.4 Å². The van der Waals surface area contributed by atoms with Crippen molar-refractivity contribution in [2.75, 3.05) is 11.9 Å². The lowest BCUT2D eigenvalue weighted by molar-refractivity contribution is -0.384. The van der Waals surface area contributed by atoms with Crippen molar-refractivity contribution in [1.82, 2.24) is 0 Å². The number of nitrogens with zero attached hydrogens (tertiary/aromatic N) is 1. The third-order valence-corrected chi connectivity index (χ3v) is 5.01. The Labute approximate surface area is 178 Å². The van der Waals surface area contributed by atoms with Gasteiger partial charge in [-0.25, -0.2) is 0 Å². The monoisotopic (exact) mass is 468 g/mol. The number of furan rings is 1. The summed E-state index contributed by atoms with van der Waals surface area (Å²) in [7, 11) is 0. The zero-order valence-electron chi connectivity index (χ0n) is 15.3. The number of ketones is 1. The number of benzene rings is 2. The maximum Gasteiger partial charge on any atom is 0.270 e. The van der Waals surface area contributed by atoms with Gasteiger partial charge < -0.3 is 14.5 Å². The maximum atomic E-state index is 12.5. The molecule has 0 aliphatic carbocycles. The van der Waals surface area contributed by atoms with E-state index >= 15 is 0 Å². The third kappa shape index (κ3) is 4.01. The van der Waals surface area contributed by atoms with Crippen molar-refractivity contribution in [2.45, 2.75) is 0 Å². The normalized spacial score (nSPS) is 12.9. The quantitative estimate of drug-likeness (QED) is 0.248. The van der Waals surface area contributed by atoms with Crippen molar-refractivity contribution in [3.05, 3.63) is 80.5 Å². The number of hydrogen-bond acceptors (Lipinski definition) is 6. The fraction of sp³-hybridized carbons (Fsp3) is 0.0476. The zero-order chi connectivity index (χ0) is 21.3. The molecule has 0 fully saturated rings. The Hall–Kier alpha value is -3.72. The van der Waals surface area contributed by atoms with E-state index in [-0.39, 0.29) is 24.0 Å². The van der Waals surface area contributed by atoms with Crippen LogP contribution in [0.1, 0.15) is 16.1 Å². The first-order chi connectivity index (χ1) is 14.4. The molecule has 0 unspecified atom stereocenters. The minimum atomic E-state index is -0.477. The fourth-order valence-electron chi connectivity index (χ4n) is 2.90. The Balaban J connectivity index is 1.51. The van der Waals surface area contributed by atoms with Crippen molar-refractivity contribution >= 4 is 45.1 Å². The molecule has 8 nitrogen and oxygen atoms in total. The van der Waals surface area contributed by atoms with Gasteiger partial charge >= 0.3 is 0 Å². The minimum absolute atomic E-state index is 0.0328. The predicted molar refractivity (Wildman–Crippen MR) is 112 cm³/mol. The molecule has 30 heavy (non-hydrogen) atoms. The average Bonchev–Trinajstić information content (AvgIpc) is 3.20. The second-order valence-corrected chi connectivity index (χ2v) is 7.22. The van der Waals surface area contributed by atoms with Crippen molar-refractivity contribution in [3.8, 4) is 17.1 Å². The van der Waals surface area contributed by atoms with Crippen molar-refractivity contribution in [3.63, 3.8) is 0 Å². The highest BCUT2D eigenvalue weighted by Crippen LogP contribution is 2.33. The van der Waals surface area contributed by atoms with Gasteiger partial charge in [0.15, 0.2) is 12.4 Å². The Morgan fingerprint density at radius 2 is 2.00 bits per heavy atom. The van der Waals surface area contributed by atoms with Crippen LogP contribution in [0.2, 0.25) is 0 Å². The van der Waals surface area contributed by atoms with Crippen LogP contribution < -0.4 is 10.1 Å². The molecule has 1 N–H and O–H groups in total. The summed E-state index contributed by atoms with van der Waals surface area (Å²) in [5.74, 6) is 0.908. The topological polar surface area (TPSA) is 112 Å². The SMILES string of the molecule is O=C1COc2ccc(C(=O)/C=C/c3ccc(-c4ccc([N+](=O)[O-])cc4Br)o3)cc2N1. The molecule has 1 aliphatic heterocycles. The second kappa shape index (κ2) is 7.96. The Kier molecular flexibility index (Phi) is 5.20. The molecule has 1 aliphatic rings. The number of nitro groups is 1. The number of anilines is 1. The average molecular weight is 469 g/mol. The van der Waals surface area contributed by atoms with E-state index < -0.39 is 4.92 Å². The summed E-state index contributed by atoms with van der Waals surface area (Å²) in [4.78, 5) is 34.3. The molecule has 3 aromatic rings. The van der Waals surface area contributed by atoms with E-state index in [0.717, 1.165) is 0 Å². The van der Waals surface area contributed by atoms with Gasteiger partial charge in [0, 0.05) is 27.7 Å². The van der Waals surface area contributed by atoms with Gasteiger partial charge in [0.25, 0.3) is 11.6 Å². The highest BCUT2D eigenvalue weighted by atomic mass is 79.9. The van der Waals surface area contributed by atoms with E-state index in [1.807, 2.05) is 0 Å². The van der Waals surface area contributed by atoms with Crippen LogP contribution in [0.3, 0.4) is 0 Å². The van der Waals surface area contributed by atoms with Crippen molar-refractivity contribution in [2.24, 2.45) is 0 Å². The summed E-state index contributed by atoms with van der Waals surface area (Å²) in [6.07, 6.45) is 2.89. The number of rotatable bonds is 5. The lowest BCUT2D eigenvalue weighted by Gasteiger charge is -2.17. The number of carbonyl (C=O) groups excluding carboxylic acids is 2. The van der Waals surface area contributed by atoms with Gasteiger partial charge in [-0.1, -0.05) is 0 Å².